The van der Waals surface area contributed by atoms with Crippen LogP contribution in [0.1, 0.15) is 43.2 Å². The van der Waals surface area contributed by atoms with Gasteiger partial charge in [-0.05, 0) is 43.2 Å². The molecule has 1 fully saturated rings. The molecular formula is C21H28N2O4S. The Bertz CT molecular complexity index is 903. The van der Waals surface area contributed by atoms with E-state index >= 15 is 0 Å². The first-order valence-corrected chi connectivity index (χ1v) is 11.6. The summed E-state index contributed by atoms with van der Waals surface area (Å²) in [7, 11) is -3.34. The van der Waals surface area contributed by atoms with E-state index < -0.39 is 10.0 Å². The van der Waals surface area contributed by atoms with Gasteiger partial charge in [-0.25, -0.2) is 13.1 Å². The van der Waals surface area contributed by atoms with E-state index in [4.69, 9.17) is 4.74 Å². The fourth-order valence-corrected chi connectivity index (χ4v) is 4.26. The van der Waals surface area contributed by atoms with Crippen molar-refractivity contribution in [1.82, 2.24) is 9.29 Å². The molecule has 152 valence electrons. The number of hydrogen-bond donors (Lipinski definition) is 1. The van der Waals surface area contributed by atoms with Gasteiger partial charge < -0.3 is 9.30 Å². The number of sulfonamides is 1. The van der Waals surface area contributed by atoms with Crippen molar-refractivity contribution < 1.29 is 13.2 Å². The maximum absolute atomic E-state index is 12.2. The number of nitrogens with one attached hydrogen (secondary N) is 1. The molecule has 0 saturated heterocycles. The van der Waals surface area contributed by atoms with Crippen molar-refractivity contribution in [2.45, 2.75) is 43.7 Å². The lowest BCUT2D eigenvalue weighted by atomic mass is 9.83. The van der Waals surface area contributed by atoms with E-state index in [0.29, 0.717) is 12.5 Å². The molecule has 7 heteroatoms. The van der Waals surface area contributed by atoms with Gasteiger partial charge in [0.05, 0.1) is 25.0 Å². The van der Waals surface area contributed by atoms with Crippen molar-refractivity contribution in [3.63, 3.8) is 0 Å². The highest BCUT2D eigenvalue weighted by Gasteiger charge is 2.24. The maximum Gasteiger partial charge on any atom is 0.250 e. The van der Waals surface area contributed by atoms with E-state index in [9.17, 15) is 13.2 Å². The zero-order chi connectivity index (χ0) is 20.0. The van der Waals surface area contributed by atoms with Crippen LogP contribution < -0.4 is 10.3 Å². The molecule has 1 atom stereocenters. The molecule has 28 heavy (non-hydrogen) atoms. The average molecular weight is 405 g/mol. The van der Waals surface area contributed by atoms with Gasteiger partial charge in [0.15, 0.2) is 0 Å². The summed E-state index contributed by atoms with van der Waals surface area (Å²) in [5.74, 6) is 0.570. The lowest BCUT2D eigenvalue weighted by Gasteiger charge is -2.30. The van der Waals surface area contributed by atoms with Crippen molar-refractivity contribution in [2.75, 3.05) is 19.4 Å². The molecule has 1 N–H and O–H groups in total. The van der Waals surface area contributed by atoms with Crippen molar-refractivity contribution >= 4 is 10.0 Å². The smallest absolute Gasteiger partial charge is 0.250 e. The van der Waals surface area contributed by atoms with E-state index in [2.05, 4.69) is 29.0 Å². The van der Waals surface area contributed by atoms with Crippen LogP contribution in [0.25, 0.3) is 0 Å². The number of rotatable bonds is 8. The van der Waals surface area contributed by atoms with Gasteiger partial charge in [-0.2, -0.15) is 0 Å². The molecule has 1 aromatic carbocycles. The molecular weight excluding hydrogens is 376 g/mol. The molecule has 1 heterocycles. The highest BCUT2D eigenvalue weighted by Crippen LogP contribution is 2.34. The third-order valence-corrected chi connectivity index (χ3v) is 5.99. The summed E-state index contributed by atoms with van der Waals surface area (Å²) < 4.78 is 33.1. The van der Waals surface area contributed by atoms with E-state index in [1.165, 1.54) is 16.2 Å². The Morgan fingerprint density at radius 3 is 2.39 bits per heavy atom. The quantitative estimate of drug-likeness (QED) is 0.734. The summed E-state index contributed by atoms with van der Waals surface area (Å²) in [5, 5.41) is 0. The summed E-state index contributed by atoms with van der Waals surface area (Å²) in [6, 6.07) is 15.1. The monoisotopic (exact) mass is 404 g/mol. The minimum atomic E-state index is -3.34. The predicted molar refractivity (Wildman–Crippen MR) is 110 cm³/mol. The molecule has 2 aromatic rings. The van der Waals surface area contributed by atoms with Gasteiger partial charge in [0, 0.05) is 18.8 Å². The molecule has 1 aliphatic carbocycles. The minimum Gasteiger partial charge on any atom is -0.376 e. The molecule has 1 aliphatic rings. The zero-order valence-electron chi connectivity index (χ0n) is 16.2. The van der Waals surface area contributed by atoms with Gasteiger partial charge in [0.25, 0.3) is 5.56 Å². The standard InChI is InChI=1S/C21H28N2O4S/c1-28(25,26)22-15-19(23-14-6-5-9-21(23)24)16-27-20-12-10-18(11-13-20)17-7-3-2-4-8-17/h2-9,14,18-20,22H,10-13,15-16H2,1H3/t18?,19-,20?/m0/s1. The first kappa shape index (κ1) is 20.8. The second-order valence-electron chi connectivity index (χ2n) is 7.44. The second kappa shape index (κ2) is 9.49. The largest absolute Gasteiger partial charge is 0.376 e. The summed E-state index contributed by atoms with van der Waals surface area (Å²) in [6.07, 6.45) is 7.01. The maximum atomic E-state index is 12.2. The van der Waals surface area contributed by atoms with Crippen molar-refractivity contribution in [3.8, 4) is 0 Å². The molecule has 6 nitrogen and oxygen atoms in total. The van der Waals surface area contributed by atoms with Crippen LogP contribution in [0.3, 0.4) is 0 Å². The van der Waals surface area contributed by atoms with Crippen LogP contribution in [-0.2, 0) is 14.8 Å². The second-order valence-corrected chi connectivity index (χ2v) is 9.27. The number of benzene rings is 1. The Hall–Kier alpha value is -1.96. The molecule has 1 aromatic heterocycles. The Kier molecular flexibility index (Phi) is 7.04. The molecule has 0 aliphatic heterocycles. The normalized spacial score (nSPS) is 21.3. The summed E-state index contributed by atoms with van der Waals surface area (Å²) in [4.78, 5) is 12.2. The first-order chi connectivity index (χ1) is 13.4. The Labute approximate surface area is 166 Å². The number of pyridine rings is 1. The average Bonchev–Trinajstić information content (AvgIpc) is 2.69. The van der Waals surface area contributed by atoms with Crippen LogP contribution in [0.15, 0.2) is 59.5 Å². The number of aromatic nitrogens is 1. The Morgan fingerprint density at radius 1 is 1.07 bits per heavy atom. The minimum absolute atomic E-state index is 0.127. The number of hydrogen-bond acceptors (Lipinski definition) is 4. The lowest BCUT2D eigenvalue weighted by molar-refractivity contribution is 0.00737. The van der Waals surface area contributed by atoms with E-state index in [1.54, 1.807) is 18.3 Å². The fraction of sp³-hybridized carbons (Fsp3) is 0.476. The van der Waals surface area contributed by atoms with E-state index in [1.807, 2.05) is 6.07 Å². The van der Waals surface area contributed by atoms with Gasteiger partial charge in [0.2, 0.25) is 10.0 Å². The third kappa shape index (κ3) is 6.02. The fourth-order valence-electron chi connectivity index (χ4n) is 3.76. The van der Waals surface area contributed by atoms with Crippen LogP contribution in [0.4, 0.5) is 0 Å². The van der Waals surface area contributed by atoms with Crippen LogP contribution in [0, 0.1) is 0 Å². The first-order valence-electron chi connectivity index (χ1n) is 9.71. The van der Waals surface area contributed by atoms with Gasteiger partial charge in [0.1, 0.15) is 0 Å². The molecule has 3 rings (SSSR count). The topological polar surface area (TPSA) is 77.4 Å². The lowest BCUT2D eigenvalue weighted by Crippen LogP contribution is -2.37. The molecule has 0 unspecified atom stereocenters. The van der Waals surface area contributed by atoms with Crippen molar-refractivity contribution in [1.29, 1.82) is 0 Å². The van der Waals surface area contributed by atoms with Gasteiger partial charge >= 0.3 is 0 Å². The zero-order valence-corrected chi connectivity index (χ0v) is 17.0. The Morgan fingerprint density at radius 2 is 1.75 bits per heavy atom. The molecule has 0 amide bonds. The summed E-state index contributed by atoms with van der Waals surface area (Å²) >= 11 is 0. The number of nitrogens with zero attached hydrogens (tertiary/aromatic N) is 1. The third-order valence-electron chi connectivity index (χ3n) is 5.30. The Balaban J connectivity index is 1.58. The van der Waals surface area contributed by atoms with E-state index in [-0.39, 0.29) is 24.2 Å². The highest BCUT2D eigenvalue weighted by atomic mass is 32.2. The highest BCUT2D eigenvalue weighted by molar-refractivity contribution is 7.88. The molecule has 1 saturated carbocycles. The van der Waals surface area contributed by atoms with Crippen molar-refractivity contribution in [2.24, 2.45) is 0 Å². The van der Waals surface area contributed by atoms with Crippen LogP contribution in [0.5, 0.6) is 0 Å². The predicted octanol–water partition coefficient (Wildman–Crippen LogP) is 2.68. The SMILES string of the molecule is CS(=O)(=O)NC[C@@H](COC1CCC(c2ccccc2)CC1)n1ccccc1=O. The molecule has 0 spiro atoms. The van der Waals surface area contributed by atoms with Gasteiger partial charge in [-0.1, -0.05) is 36.4 Å². The van der Waals surface area contributed by atoms with Crippen LogP contribution in [0.2, 0.25) is 0 Å². The van der Waals surface area contributed by atoms with Gasteiger partial charge in [-0.15, -0.1) is 0 Å². The van der Waals surface area contributed by atoms with Gasteiger partial charge in [-0.3, -0.25) is 4.79 Å². The van der Waals surface area contributed by atoms with Crippen LogP contribution in [-0.4, -0.2) is 38.5 Å². The summed E-state index contributed by atoms with van der Waals surface area (Å²) in [5.41, 5.74) is 1.21. The number of ether oxygens (including phenoxy) is 1. The summed E-state index contributed by atoms with van der Waals surface area (Å²) in [6.45, 7) is 0.426. The molecule has 0 radical (unpaired) electrons. The molecule has 0 bridgehead atoms. The van der Waals surface area contributed by atoms with E-state index in [0.717, 1.165) is 31.9 Å². The van der Waals surface area contributed by atoms with Crippen molar-refractivity contribution in [3.05, 3.63) is 70.6 Å². The van der Waals surface area contributed by atoms with Crippen LogP contribution >= 0.6 is 0 Å².